The van der Waals surface area contributed by atoms with Gasteiger partial charge >= 0.3 is 5.51 Å². The molecule has 2 aromatic carbocycles. The van der Waals surface area contributed by atoms with Gasteiger partial charge in [0.2, 0.25) is 0 Å². The summed E-state index contributed by atoms with van der Waals surface area (Å²) >= 11 is -0.206. The molecule has 2 aromatic rings. The van der Waals surface area contributed by atoms with Gasteiger partial charge in [-0.05, 0) is 29.5 Å². The van der Waals surface area contributed by atoms with Gasteiger partial charge in [0.15, 0.2) is 5.78 Å². The lowest BCUT2D eigenvalue weighted by atomic mass is 10.1. The molecule has 22 heavy (non-hydrogen) atoms. The summed E-state index contributed by atoms with van der Waals surface area (Å²) in [6, 6.07) is 14.7. The molecule has 0 bridgehead atoms. The minimum Gasteiger partial charge on any atom is -0.369 e. The number of Topliss-reactive ketones (excluding diaryl/α,β-unsaturated/α-hetero) is 1. The van der Waals surface area contributed by atoms with E-state index in [0.717, 1.165) is 5.56 Å². The van der Waals surface area contributed by atoms with Crippen LogP contribution in [0, 0.1) is 0 Å². The molecule has 2 nitrogen and oxygen atoms in total. The molecule has 0 N–H and O–H groups in total. The number of hydrogen-bond acceptors (Lipinski definition) is 3. The van der Waals surface area contributed by atoms with Crippen LogP contribution in [0.15, 0.2) is 59.5 Å². The topological polar surface area (TPSA) is 26.3 Å². The Morgan fingerprint density at radius 1 is 1.00 bits per heavy atom. The van der Waals surface area contributed by atoms with Gasteiger partial charge in [0.1, 0.15) is 6.61 Å². The number of alkyl halides is 3. The predicted octanol–water partition coefficient (Wildman–Crippen LogP) is 4.70. The van der Waals surface area contributed by atoms with Crippen LogP contribution in [0.4, 0.5) is 13.2 Å². The van der Waals surface area contributed by atoms with E-state index in [1.54, 1.807) is 0 Å². The van der Waals surface area contributed by atoms with Gasteiger partial charge in [-0.1, -0.05) is 42.5 Å². The van der Waals surface area contributed by atoms with E-state index in [9.17, 15) is 18.0 Å². The maximum Gasteiger partial charge on any atom is 0.446 e. The number of carbonyl (C=O) groups is 1. The number of halogens is 3. The number of rotatable bonds is 6. The molecule has 0 aliphatic rings. The summed E-state index contributed by atoms with van der Waals surface area (Å²) in [5.74, 6) is -0.264. The molecule has 0 saturated carbocycles. The van der Waals surface area contributed by atoms with E-state index in [1.165, 1.54) is 24.3 Å². The van der Waals surface area contributed by atoms with Crippen molar-refractivity contribution in [1.29, 1.82) is 0 Å². The summed E-state index contributed by atoms with van der Waals surface area (Å²) in [6.45, 7) is 0.204. The van der Waals surface area contributed by atoms with Crippen molar-refractivity contribution in [2.24, 2.45) is 0 Å². The van der Waals surface area contributed by atoms with Crippen molar-refractivity contribution in [3.63, 3.8) is 0 Å². The normalized spacial score (nSPS) is 11.4. The molecule has 0 atom stereocenters. The summed E-state index contributed by atoms with van der Waals surface area (Å²) < 4.78 is 41.9. The molecule has 6 heteroatoms. The van der Waals surface area contributed by atoms with E-state index < -0.39 is 5.51 Å². The predicted molar refractivity (Wildman–Crippen MR) is 78.8 cm³/mol. The zero-order valence-electron chi connectivity index (χ0n) is 11.5. The van der Waals surface area contributed by atoms with E-state index in [1.807, 2.05) is 30.3 Å². The molecule has 0 amide bonds. The Morgan fingerprint density at radius 3 is 2.23 bits per heavy atom. The van der Waals surface area contributed by atoms with Crippen LogP contribution in [-0.2, 0) is 11.3 Å². The molecule has 0 heterocycles. The lowest BCUT2D eigenvalue weighted by Crippen LogP contribution is -2.09. The van der Waals surface area contributed by atoms with Gasteiger partial charge in [-0.3, -0.25) is 4.79 Å². The molecule has 2 rings (SSSR count). The molecule has 0 fully saturated rings. The highest BCUT2D eigenvalue weighted by Gasteiger charge is 2.29. The second-order valence-corrected chi connectivity index (χ2v) is 5.61. The van der Waals surface area contributed by atoms with E-state index in [2.05, 4.69) is 0 Å². The summed E-state index contributed by atoms with van der Waals surface area (Å²) in [6.07, 6.45) is 0. The Labute approximate surface area is 130 Å². The number of ketones is 1. The van der Waals surface area contributed by atoms with Crippen molar-refractivity contribution < 1.29 is 22.7 Å². The first kappa shape index (κ1) is 16.6. The van der Waals surface area contributed by atoms with E-state index in [-0.39, 0.29) is 29.0 Å². The standard InChI is InChI=1S/C16H13F3O2S/c17-16(18,19)22-14-8-6-13(7-9-14)15(20)11-21-10-12-4-2-1-3-5-12/h1-9H,10-11H2. The number of thioether (sulfide) groups is 1. The highest BCUT2D eigenvalue weighted by atomic mass is 32.2. The first-order chi connectivity index (χ1) is 10.4. The molecule has 0 radical (unpaired) electrons. The number of carbonyl (C=O) groups excluding carboxylic acids is 1. The van der Waals surface area contributed by atoms with Crippen molar-refractivity contribution >= 4 is 17.5 Å². The van der Waals surface area contributed by atoms with Crippen LogP contribution in [-0.4, -0.2) is 17.9 Å². The molecule has 0 saturated heterocycles. The molecule has 0 spiro atoms. The minimum atomic E-state index is -4.33. The van der Waals surface area contributed by atoms with Crippen LogP contribution in [0.3, 0.4) is 0 Å². The molecule has 0 aromatic heterocycles. The molecule has 116 valence electrons. The third-order valence-corrected chi connectivity index (χ3v) is 3.49. The van der Waals surface area contributed by atoms with Crippen LogP contribution in [0.1, 0.15) is 15.9 Å². The Bertz CT molecular complexity index is 610. The highest BCUT2D eigenvalue weighted by molar-refractivity contribution is 8.00. The average Bonchev–Trinajstić information content (AvgIpc) is 2.47. The maximum absolute atomic E-state index is 12.2. The smallest absolute Gasteiger partial charge is 0.369 e. The lowest BCUT2D eigenvalue weighted by molar-refractivity contribution is -0.0328. The minimum absolute atomic E-state index is 0.0502. The van der Waals surface area contributed by atoms with Crippen LogP contribution in [0.2, 0.25) is 0 Å². The van der Waals surface area contributed by atoms with Crippen LogP contribution < -0.4 is 0 Å². The lowest BCUT2D eigenvalue weighted by Gasteiger charge is -2.07. The number of hydrogen-bond donors (Lipinski definition) is 0. The Balaban J connectivity index is 1.85. The summed E-state index contributed by atoms with van der Waals surface area (Å²) in [5, 5.41) is 0. The van der Waals surface area contributed by atoms with E-state index in [4.69, 9.17) is 4.74 Å². The molecule has 0 unspecified atom stereocenters. The van der Waals surface area contributed by atoms with Crippen molar-refractivity contribution in [3.8, 4) is 0 Å². The Kier molecular flexibility index (Phi) is 5.63. The third kappa shape index (κ3) is 5.54. The fourth-order valence-electron chi connectivity index (χ4n) is 1.76. The van der Waals surface area contributed by atoms with Gasteiger partial charge in [-0.15, -0.1) is 0 Å². The highest BCUT2D eigenvalue weighted by Crippen LogP contribution is 2.36. The number of benzene rings is 2. The average molecular weight is 326 g/mol. The second kappa shape index (κ2) is 7.47. The van der Waals surface area contributed by atoms with Crippen molar-refractivity contribution in [1.82, 2.24) is 0 Å². The van der Waals surface area contributed by atoms with Crippen molar-refractivity contribution in [3.05, 3.63) is 65.7 Å². The second-order valence-electron chi connectivity index (χ2n) is 4.47. The van der Waals surface area contributed by atoms with Gasteiger partial charge in [0, 0.05) is 10.5 Å². The van der Waals surface area contributed by atoms with Gasteiger partial charge < -0.3 is 4.74 Å². The van der Waals surface area contributed by atoms with Crippen LogP contribution in [0.25, 0.3) is 0 Å². The first-order valence-electron chi connectivity index (χ1n) is 6.45. The number of ether oxygens (including phenoxy) is 1. The Hall–Kier alpha value is -1.79. The van der Waals surface area contributed by atoms with Gasteiger partial charge in [-0.25, -0.2) is 0 Å². The molecule has 0 aliphatic carbocycles. The summed E-state index contributed by atoms with van der Waals surface area (Å²) in [4.78, 5) is 11.9. The van der Waals surface area contributed by atoms with E-state index >= 15 is 0 Å². The first-order valence-corrected chi connectivity index (χ1v) is 7.26. The molecular formula is C16H13F3O2S. The van der Waals surface area contributed by atoms with Gasteiger partial charge in [0.05, 0.1) is 6.61 Å². The van der Waals surface area contributed by atoms with Crippen molar-refractivity contribution in [2.75, 3.05) is 6.61 Å². The van der Waals surface area contributed by atoms with Gasteiger partial charge in [-0.2, -0.15) is 13.2 Å². The zero-order chi connectivity index (χ0) is 16.0. The van der Waals surface area contributed by atoms with E-state index in [0.29, 0.717) is 12.2 Å². The molecular weight excluding hydrogens is 313 g/mol. The largest absolute Gasteiger partial charge is 0.446 e. The molecule has 0 aliphatic heterocycles. The fourth-order valence-corrected chi connectivity index (χ4v) is 2.30. The van der Waals surface area contributed by atoms with Gasteiger partial charge in [0.25, 0.3) is 0 Å². The monoisotopic (exact) mass is 326 g/mol. The fraction of sp³-hybridized carbons (Fsp3) is 0.188. The van der Waals surface area contributed by atoms with Crippen molar-refractivity contribution in [2.45, 2.75) is 17.0 Å². The maximum atomic E-state index is 12.2. The zero-order valence-corrected chi connectivity index (χ0v) is 12.3. The Morgan fingerprint density at radius 2 is 1.64 bits per heavy atom. The summed E-state index contributed by atoms with van der Waals surface area (Å²) in [7, 11) is 0. The third-order valence-electron chi connectivity index (χ3n) is 2.75. The SMILES string of the molecule is O=C(COCc1ccccc1)c1ccc(SC(F)(F)F)cc1. The van der Waals surface area contributed by atoms with Crippen LogP contribution >= 0.6 is 11.8 Å². The van der Waals surface area contributed by atoms with Crippen LogP contribution in [0.5, 0.6) is 0 Å². The quantitative estimate of drug-likeness (QED) is 0.569. The summed E-state index contributed by atoms with van der Waals surface area (Å²) in [5.41, 5.74) is -3.04.